The Bertz CT molecular complexity index is 880. The van der Waals surface area contributed by atoms with Gasteiger partial charge in [0, 0.05) is 17.9 Å². The number of benzene rings is 2. The van der Waals surface area contributed by atoms with Gasteiger partial charge < -0.3 is 10.2 Å². The molecule has 0 spiro atoms. The van der Waals surface area contributed by atoms with Gasteiger partial charge in [0.05, 0.1) is 5.37 Å². The minimum atomic E-state index is -0.419. The quantitative estimate of drug-likeness (QED) is 0.755. The molecule has 2 aliphatic rings. The molecule has 30 heavy (non-hydrogen) atoms. The van der Waals surface area contributed by atoms with Gasteiger partial charge in [0.1, 0.15) is 6.04 Å². The predicted octanol–water partition coefficient (Wildman–Crippen LogP) is 4.78. The first-order chi connectivity index (χ1) is 14.6. The van der Waals surface area contributed by atoms with Gasteiger partial charge in [0.25, 0.3) is 5.91 Å². The summed E-state index contributed by atoms with van der Waals surface area (Å²) in [4.78, 5) is 28.7. The van der Waals surface area contributed by atoms with Crippen molar-refractivity contribution in [1.82, 2.24) is 10.2 Å². The maximum absolute atomic E-state index is 13.6. The van der Waals surface area contributed by atoms with Crippen molar-refractivity contribution in [2.24, 2.45) is 5.92 Å². The number of nitrogens with one attached hydrogen (secondary N) is 1. The third kappa shape index (κ3) is 4.56. The lowest BCUT2D eigenvalue weighted by Gasteiger charge is -2.35. The van der Waals surface area contributed by atoms with E-state index in [2.05, 4.69) is 5.32 Å². The molecule has 1 saturated heterocycles. The third-order valence-electron chi connectivity index (χ3n) is 6.31. The molecular formula is C25H30N2O2S. The van der Waals surface area contributed by atoms with Gasteiger partial charge in [-0.25, -0.2) is 0 Å². The van der Waals surface area contributed by atoms with Crippen LogP contribution in [0.15, 0.2) is 54.6 Å². The van der Waals surface area contributed by atoms with Gasteiger partial charge in [0.2, 0.25) is 5.91 Å². The van der Waals surface area contributed by atoms with Crippen LogP contribution in [-0.4, -0.2) is 33.9 Å². The Hall–Kier alpha value is -2.27. The number of hydrogen-bond acceptors (Lipinski definition) is 3. The largest absolute Gasteiger partial charge is 0.350 e. The number of carbonyl (C=O) groups is 2. The van der Waals surface area contributed by atoms with Gasteiger partial charge >= 0.3 is 0 Å². The Kier molecular flexibility index (Phi) is 6.78. The second-order valence-corrected chi connectivity index (χ2v) is 9.52. The number of thioether (sulfide) groups is 1. The highest BCUT2D eigenvalue weighted by molar-refractivity contribution is 8.00. The van der Waals surface area contributed by atoms with E-state index in [0.717, 1.165) is 24.0 Å². The molecule has 0 radical (unpaired) electrons. The zero-order chi connectivity index (χ0) is 20.9. The summed E-state index contributed by atoms with van der Waals surface area (Å²) in [6, 6.07) is 17.2. The molecule has 1 N–H and O–H groups in total. The summed E-state index contributed by atoms with van der Waals surface area (Å²) in [7, 11) is 0. The molecule has 2 unspecified atom stereocenters. The van der Waals surface area contributed by atoms with Crippen LogP contribution in [0.2, 0.25) is 0 Å². The van der Waals surface area contributed by atoms with E-state index in [1.54, 1.807) is 11.8 Å². The lowest BCUT2D eigenvalue weighted by molar-refractivity contribution is -0.125. The monoisotopic (exact) mass is 422 g/mol. The number of aryl methyl sites for hydroxylation is 1. The Balaban J connectivity index is 1.55. The Labute approximate surface area is 183 Å². The standard InChI is InChI=1S/C25H30N2O2S/c1-18-10-8-9-15-21(18)24(29)27-22(17-30-25(27)20-13-6-3-7-14-20)23(28)26-16-19-11-4-2-5-12-19/h2,4-5,8-12,15,20,22,25H,3,6-7,13-14,16-17H2,1H3,(H,26,28). The molecule has 4 rings (SSSR count). The van der Waals surface area contributed by atoms with E-state index in [1.807, 2.05) is 66.4 Å². The smallest absolute Gasteiger partial charge is 0.255 e. The molecule has 1 saturated carbocycles. The second kappa shape index (κ2) is 9.69. The summed E-state index contributed by atoms with van der Waals surface area (Å²) in [5.41, 5.74) is 2.74. The van der Waals surface area contributed by atoms with Crippen molar-refractivity contribution in [3.8, 4) is 0 Å². The van der Waals surface area contributed by atoms with Crippen LogP contribution in [0, 0.1) is 12.8 Å². The number of rotatable bonds is 5. The molecule has 1 heterocycles. The normalized spacial score (nSPS) is 22.1. The molecule has 4 nitrogen and oxygen atoms in total. The van der Waals surface area contributed by atoms with Gasteiger partial charge in [-0.05, 0) is 42.9 Å². The average Bonchev–Trinajstić information content (AvgIpc) is 3.24. The van der Waals surface area contributed by atoms with Crippen LogP contribution in [-0.2, 0) is 11.3 Å². The first kappa shape index (κ1) is 21.0. The summed E-state index contributed by atoms with van der Waals surface area (Å²) in [5.74, 6) is 1.09. The number of hydrogen-bond donors (Lipinski definition) is 1. The van der Waals surface area contributed by atoms with Gasteiger partial charge in [-0.2, -0.15) is 0 Å². The molecule has 2 aromatic rings. The Morgan fingerprint density at radius 1 is 1.00 bits per heavy atom. The van der Waals surface area contributed by atoms with E-state index in [1.165, 1.54) is 19.3 Å². The minimum Gasteiger partial charge on any atom is -0.350 e. The molecule has 5 heteroatoms. The van der Waals surface area contributed by atoms with Gasteiger partial charge in [-0.15, -0.1) is 11.8 Å². The van der Waals surface area contributed by atoms with Crippen LogP contribution in [0.5, 0.6) is 0 Å². The SMILES string of the molecule is Cc1ccccc1C(=O)N1C(C(=O)NCc2ccccc2)CSC1C1CCCCC1. The maximum Gasteiger partial charge on any atom is 0.255 e. The maximum atomic E-state index is 13.6. The van der Waals surface area contributed by atoms with E-state index in [9.17, 15) is 9.59 Å². The van der Waals surface area contributed by atoms with Crippen LogP contribution in [0.4, 0.5) is 0 Å². The zero-order valence-electron chi connectivity index (χ0n) is 17.5. The summed E-state index contributed by atoms with van der Waals surface area (Å²) in [6.45, 7) is 2.46. The fourth-order valence-corrected chi connectivity index (χ4v) is 6.26. The van der Waals surface area contributed by atoms with Crippen molar-refractivity contribution in [2.75, 3.05) is 5.75 Å². The Morgan fingerprint density at radius 2 is 1.70 bits per heavy atom. The molecule has 2 amide bonds. The Morgan fingerprint density at radius 3 is 2.43 bits per heavy atom. The van der Waals surface area contributed by atoms with Gasteiger partial charge in [-0.3, -0.25) is 9.59 Å². The first-order valence-corrected chi connectivity index (χ1v) is 12.0. The van der Waals surface area contributed by atoms with Crippen LogP contribution >= 0.6 is 11.8 Å². The molecule has 0 aromatic heterocycles. The van der Waals surface area contributed by atoms with Crippen molar-refractivity contribution in [1.29, 1.82) is 0 Å². The number of carbonyl (C=O) groups excluding carboxylic acids is 2. The van der Waals surface area contributed by atoms with Crippen LogP contribution in [0.1, 0.15) is 53.6 Å². The molecule has 2 fully saturated rings. The fraction of sp³-hybridized carbons (Fsp3) is 0.440. The molecule has 1 aliphatic heterocycles. The first-order valence-electron chi connectivity index (χ1n) is 11.0. The molecule has 1 aliphatic carbocycles. The van der Waals surface area contributed by atoms with Gasteiger partial charge in [0.15, 0.2) is 0 Å². The van der Waals surface area contributed by atoms with E-state index in [4.69, 9.17) is 0 Å². The minimum absolute atomic E-state index is 0.00599. The fourth-order valence-electron chi connectivity index (χ4n) is 4.62. The highest BCUT2D eigenvalue weighted by atomic mass is 32.2. The lowest BCUT2D eigenvalue weighted by atomic mass is 9.88. The van der Waals surface area contributed by atoms with Crippen molar-refractivity contribution < 1.29 is 9.59 Å². The van der Waals surface area contributed by atoms with Crippen molar-refractivity contribution in [3.05, 3.63) is 71.3 Å². The molecule has 0 bridgehead atoms. The third-order valence-corrected chi connectivity index (χ3v) is 7.77. The lowest BCUT2D eigenvalue weighted by Crippen LogP contribution is -2.51. The summed E-state index contributed by atoms with van der Waals surface area (Å²) >= 11 is 1.79. The molecule has 2 aromatic carbocycles. The molecule has 158 valence electrons. The van der Waals surface area contributed by atoms with E-state index in [-0.39, 0.29) is 17.2 Å². The highest BCUT2D eigenvalue weighted by Gasteiger charge is 2.45. The van der Waals surface area contributed by atoms with Crippen LogP contribution in [0.25, 0.3) is 0 Å². The zero-order valence-corrected chi connectivity index (χ0v) is 18.4. The van der Waals surface area contributed by atoms with E-state index >= 15 is 0 Å². The van der Waals surface area contributed by atoms with Crippen LogP contribution < -0.4 is 5.32 Å². The second-order valence-electron chi connectivity index (χ2n) is 8.37. The van der Waals surface area contributed by atoms with Gasteiger partial charge in [-0.1, -0.05) is 67.8 Å². The number of nitrogens with zero attached hydrogens (tertiary/aromatic N) is 1. The van der Waals surface area contributed by atoms with E-state index in [0.29, 0.717) is 23.8 Å². The molecule has 2 atom stereocenters. The van der Waals surface area contributed by atoms with Crippen LogP contribution in [0.3, 0.4) is 0 Å². The highest BCUT2D eigenvalue weighted by Crippen LogP contribution is 2.41. The summed E-state index contributed by atoms with van der Waals surface area (Å²) in [5, 5.41) is 3.16. The van der Waals surface area contributed by atoms with Crippen molar-refractivity contribution in [3.63, 3.8) is 0 Å². The van der Waals surface area contributed by atoms with Crippen molar-refractivity contribution in [2.45, 2.75) is 57.0 Å². The predicted molar refractivity (Wildman–Crippen MR) is 122 cm³/mol. The topological polar surface area (TPSA) is 49.4 Å². The number of amides is 2. The van der Waals surface area contributed by atoms with Crippen molar-refractivity contribution >= 4 is 23.6 Å². The summed E-state index contributed by atoms with van der Waals surface area (Å²) < 4.78 is 0. The van der Waals surface area contributed by atoms with E-state index < -0.39 is 6.04 Å². The molecular weight excluding hydrogens is 392 g/mol. The summed E-state index contributed by atoms with van der Waals surface area (Å²) in [6.07, 6.45) is 6.01. The average molecular weight is 423 g/mol.